The van der Waals surface area contributed by atoms with E-state index < -0.39 is 103 Å². The van der Waals surface area contributed by atoms with Crippen LogP contribution in [0, 0.1) is 0 Å². The van der Waals surface area contributed by atoms with Gasteiger partial charge in [0.25, 0.3) is 0 Å². The predicted molar refractivity (Wildman–Crippen MR) is 257 cm³/mol. The van der Waals surface area contributed by atoms with Crippen LogP contribution in [0.25, 0.3) is 10.9 Å². The van der Waals surface area contributed by atoms with Crippen molar-refractivity contribution in [1.82, 2.24) is 41.4 Å². The summed E-state index contributed by atoms with van der Waals surface area (Å²) in [4.78, 5) is 138. The molecule has 1 fully saturated rings. The first-order valence-electron chi connectivity index (χ1n) is 21.5. The van der Waals surface area contributed by atoms with Gasteiger partial charge in [-0.15, -0.1) is 0 Å². The maximum absolute atomic E-state index is 14.3. The molecule has 24 nitrogen and oxygen atoms in total. The Hall–Kier alpha value is -6.22. The summed E-state index contributed by atoms with van der Waals surface area (Å²) in [5.41, 5.74) is 17.5. The van der Waals surface area contributed by atoms with Crippen LogP contribution in [0.2, 0.25) is 0 Å². The third-order valence-electron chi connectivity index (χ3n) is 10.4. The number of carbonyl (C=O) groups excluding carboxylic acids is 8. The Morgan fingerprint density at radius 2 is 1.56 bits per heavy atom. The third kappa shape index (κ3) is 19.2. The number of hydrogen-bond acceptors (Lipinski definition) is 14. The molecule has 2 heterocycles. The molecule has 27 heteroatoms. The minimum atomic E-state index is -1.76. The van der Waals surface area contributed by atoms with Crippen LogP contribution in [0.15, 0.2) is 35.5 Å². The van der Waals surface area contributed by atoms with Crippen molar-refractivity contribution >= 4 is 110 Å². The van der Waals surface area contributed by atoms with Crippen LogP contribution >= 0.6 is 34.2 Å². The molecule has 0 radical (unpaired) electrons. The zero-order valence-electron chi connectivity index (χ0n) is 37.4. The molecule has 5 atom stereocenters. The van der Waals surface area contributed by atoms with Gasteiger partial charge in [0.1, 0.15) is 30.2 Å². The number of aliphatic imine (C=N–C) groups is 1. The van der Waals surface area contributed by atoms with Crippen molar-refractivity contribution in [3.05, 3.63) is 36.0 Å². The summed E-state index contributed by atoms with van der Waals surface area (Å²) in [5.74, 6) is -8.04. The molecule has 68 heavy (non-hydrogen) atoms. The van der Waals surface area contributed by atoms with Crippen molar-refractivity contribution in [3.8, 4) is 0 Å². The Morgan fingerprint density at radius 1 is 0.868 bits per heavy atom. The van der Waals surface area contributed by atoms with Gasteiger partial charge in [0.15, 0.2) is 5.96 Å². The number of carbonyl (C=O) groups is 10. The average molecular weight is 1010 g/mol. The number of carboxylic acid groups (broad SMARTS) is 2. The molecule has 8 amide bonds. The maximum atomic E-state index is 14.3. The van der Waals surface area contributed by atoms with Crippen LogP contribution in [0.3, 0.4) is 0 Å². The van der Waals surface area contributed by atoms with E-state index in [-0.39, 0.29) is 62.8 Å². The lowest BCUT2D eigenvalue weighted by Gasteiger charge is -2.30. The number of fused-ring (bicyclic) bond motifs is 1. The Bertz CT molecular complexity index is 2160. The normalized spacial score (nSPS) is 14.9. The topological polar surface area (TPSA) is 384 Å². The number of H-pyrrole nitrogens is 1. The number of benzene rings is 1. The molecular weight excluding hydrogens is 949 g/mol. The van der Waals surface area contributed by atoms with Gasteiger partial charge in [0, 0.05) is 67.3 Å². The SMILES string of the molecule is CN(CC(=O)N[C@@H](CCCCN=C(N)N)C(=O)NCC(=O)N[C@@H](CC(=O)O)C(=O)N[C@@H](Cc1c[nH]c2ccccc12)C(=O)N1CCC[C@H]1C(=O)N[C@@H](CS)C(N)=O)C(=O)CCSSCCC(=O)O. The number of likely N-dealkylation sites (N-methyl/N-ethyl adjacent to an activating group) is 1. The average Bonchev–Trinajstić information content (AvgIpc) is 3.94. The van der Waals surface area contributed by atoms with Crippen molar-refractivity contribution < 1.29 is 58.2 Å². The summed E-state index contributed by atoms with van der Waals surface area (Å²) in [6, 6.07) is 0.630. The van der Waals surface area contributed by atoms with Gasteiger partial charge in [0.05, 0.1) is 25.9 Å². The fourth-order valence-corrected chi connectivity index (χ4v) is 9.17. The van der Waals surface area contributed by atoms with E-state index in [1.165, 1.54) is 33.5 Å². The van der Waals surface area contributed by atoms with E-state index >= 15 is 0 Å². The predicted octanol–water partition coefficient (Wildman–Crippen LogP) is -2.21. The first kappa shape index (κ1) is 56.1. The summed E-state index contributed by atoms with van der Waals surface area (Å²) in [7, 11) is 4.03. The number of nitrogens with one attached hydrogen (secondary N) is 6. The van der Waals surface area contributed by atoms with Gasteiger partial charge in [0.2, 0.25) is 47.3 Å². The molecule has 1 aromatic heterocycles. The first-order chi connectivity index (χ1) is 32.3. The van der Waals surface area contributed by atoms with Crippen LogP contribution in [-0.2, 0) is 54.4 Å². The van der Waals surface area contributed by atoms with Crippen LogP contribution in [-0.4, -0.2) is 171 Å². The summed E-state index contributed by atoms with van der Waals surface area (Å²) in [6.07, 6.45) is 2.05. The van der Waals surface area contributed by atoms with Gasteiger partial charge in [-0.25, -0.2) is 0 Å². The summed E-state index contributed by atoms with van der Waals surface area (Å²) >= 11 is 4.07. The zero-order chi connectivity index (χ0) is 50.3. The molecule has 3 rings (SSSR count). The van der Waals surface area contributed by atoms with E-state index in [0.29, 0.717) is 36.3 Å². The molecule has 2 aromatic rings. The molecule has 0 spiro atoms. The van der Waals surface area contributed by atoms with Gasteiger partial charge < -0.3 is 68.8 Å². The molecule has 0 bridgehead atoms. The lowest BCUT2D eigenvalue weighted by Crippen LogP contribution is -2.59. The van der Waals surface area contributed by atoms with Gasteiger partial charge in [-0.1, -0.05) is 39.8 Å². The second-order valence-corrected chi connectivity index (χ2v) is 18.7. The van der Waals surface area contributed by atoms with Gasteiger partial charge >= 0.3 is 11.9 Å². The molecular formula is C41H60N12O12S3. The number of primary amides is 1. The first-order valence-corrected chi connectivity index (χ1v) is 24.6. The number of nitrogens with zero attached hydrogens (tertiary/aromatic N) is 3. The summed E-state index contributed by atoms with van der Waals surface area (Å²) in [5, 5.41) is 31.6. The van der Waals surface area contributed by atoms with Crippen molar-refractivity contribution in [2.45, 2.75) is 88.0 Å². The smallest absolute Gasteiger partial charge is 0.305 e. The van der Waals surface area contributed by atoms with Crippen molar-refractivity contribution in [2.75, 3.05) is 50.5 Å². The standard InChI is InChI=1S/C41H60N12O12S3/c1-52(33(56)11-15-67-68-16-12-34(57)58)21-32(55)48-26(9-4-5-13-45-41(43)44)37(62)47-20-31(54)49-27(18-35(59)60)38(63)50-28(17-23-19-46-25-8-3-2-7-24(23)25)40(65)53-14-6-10-30(53)39(64)51-29(22-66)36(42)61/h2-3,7-8,19,26-30,46,66H,4-6,9-18,20-22H2,1H3,(H2,42,61)(H,47,62)(H,48,55)(H,49,54)(H,50,63)(H,51,64)(H,57,58)(H,59,60)(H4,43,44,45)/t26-,27-,28-,29-,30-/m0/s1. The van der Waals surface area contributed by atoms with Gasteiger partial charge in [-0.3, -0.25) is 52.9 Å². The Balaban J connectivity index is 1.73. The number of unbranched alkanes of at least 4 members (excludes halogenated alkanes) is 1. The van der Waals surface area contributed by atoms with Crippen LogP contribution in [0.5, 0.6) is 0 Å². The number of aromatic amines is 1. The molecule has 1 aliphatic heterocycles. The van der Waals surface area contributed by atoms with E-state index in [1.54, 1.807) is 30.5 Å². The number of rotatable bonds is 30. The molecule has 1 aromatic carbocycles. The Morgan fingerprint density at radius 3 is 2.22 bits per heavy atom. The fourth-order valence-electron chi connectivity index (χ4n) is 6.94. The quantitative estimate of drug-likeness (QED) is 0.0130. The highest BCUT2D eigenvalue weighted by Crippen LogP contribution is 2.24. The number of aliphatic carboxylic acids is 2. The molecule has 0 saturated carbocycles. The summed E-state index contributed by atoms with van der Waals surface area (Å²) < 4.78 is 0. The Labute approximate surface area is 405 Å². The number of amides is 8. The van der Waals surface area contributed by atoms with Crippen LogP contribution in [0.1, 0.15) is 56.9 Å². The number of guanidine groups is 1. The highest BCUT2D eigenvalue weighted by molar-refractivity contribution is 8.76. The highest BCUT2D eigenvalue weighted by atomic mass is 33.1. The largest absolute Gasteiger partial charge is 0.481 e. The van der Waals surface area contributed by atoms with E-state index in [9.17, 15) is 53.1 Å². The van der Waals surface area contributed by atoms with E-state index in [4.69, 9.17) is 22.3 Å². The van der Waals surface area contributed by atoms with Crippen molar-refractivity contribution in [1.29, 1.82) is 0 Å². The second kappa shape index (κ2) is 28.8. The molecule has 14 N–H and O–H groups in total. The van der Waals surface area contributed by atoms with Crippen molar-refractivity contribution in [3.63, 3.8) is 0 Å². The minimum Gasteiger partial charge on any atom is -0.481 e. The number of nitrogens with two attached hydrogens (primary N) is 3. The molecule has 0 unspecified atom stereocenters. The third-order valence-corrected chi connectivity index (χ3v) is 13.2. The molecule has 374 valence electrons. The fraction of sp³-hybridized carbons (Fsp3) is 0.537. The van der Waals surface area contributed by atoms with Gasteiger partial charge in [-0.2, -0.15) is 12.6 Å². The van der Waals surface area contributed by atoms with E-state index in [1.807, 2.05) is 0 Å². The van der Waals surface area contributed by atoms with Gasteiger partial charge in [-0.05, 0) is 43.7 Å². The maximum Gasteiger partial charge on any atom is 0.305 e. The number of thiol groups is 1. The molecule has 1 saturated heterocycles. The Kier molecular flexibility index (Phi) is 23.8. The van der Waals surface area contributed by atoms with Crippen LogP contribution < -0.4 is 43.8 Å². The second-order valence-electron chi connectivity index (χ2n) is 15.6. The number of carboxylic acids is 2. The van der Waals surface area contributed by atoms with Crippen LogP contribution in [0.4, 0.5) is 0 Å². The van der Waals surface area contributed by atoms with Crippen molar-refractivity contribution in [2.24, 2.45) is 22.2 Å². The number of para-hydroxylation sites is 1. The number of aromatic nitrogens is 1. The number of hydrogen-bond donors (Lipinski definition) is 12. The molecule has 0 aliphatic carbocycles. The van der Waals surface area contributed by atoms with E-state index in [2.05, 4.69) is 49.2 Å². The van der Waals surface area contributed by atoms with E-state index in [0.717, 1.165) is 15.8 Å². The summed E-state index contributed by atoms with van der Waals surface area (Å²) in [6.45, 7) is -0.858. The highest BCUT2D eigenvalue weighted by Gasteiger charge is 2.40. The molecule has 1 aliphatic rings. The number of likely N-dealkylation sites (tertiary alicyclic amines) is 1. The minimum absolute atomic E-state index is 0.0231. The monoisotopic (exact) mass is 1010 g/mol. The lowest BCUT2D eigenvalue weighted by molar-refractivity contribution is -0.143. The lowest BCUT2D eigenvalue weighted by atomic mass is 10.0. The zero-order valence-corrected chi connectivity index (χ0v) is 39.9.